The summed E-state index contributed by atoms with van der Waals surface area (Å²) in [7, 11) is 3.15. The number of rotatable bonds is 16. The monoisotopic (exact) mass is 793 g/mol. The van der Waals surface area contributed by atoms with Crippen LogP contribution in [-0.4, -0.2) is 222 Å². The normalized spacial score (nSPS) is 13.8. The van der Waals surface area contributed by atoms with E-state index in [1.807, 2.05) is 0 Å². The molecule has 8 atom stereocenters. The van der Waals surface area contributed by atoms with Crippen molar-refractivity contribution in [3.63, 3.8) is 0 Å². The molecule has 0 bridgehead atoms. The Hall–Kier alpha value is -3.25. The van der Waals surface area contributed by atoms with E-state index in [1.165, 1.54) is 0 Å². The Morgan fingerprint density at radius 2 is 0.623 bits per heavy atom. The van der Waals surface area contributed by atoms with Gasteiger partial charge in [0.2, 0.25) is 0 Å². The van der Waals surface area contributed by atoms with Crippen LogP contribution < -0.4 is 27.4 Å². The first-order valence-corrected chi connectivity index (χ1v) is 15.2. The van der Waals surface area contributed by atoms with Crippen molar-refractivity contribution in [2.24, 2.45) is 11.5 Å². The van der Waals surface area contributed by atoms with Gasteiger partial charge in [0, 0.05) is 73.9 Å². The first-order chi connectivity index (χ1) is 24.2. The summed E-state index contributed by atoms with van der Waals surface area (Å²) in [6.45, 7) is 7.41. The van der Waals surface area contributed by atoms with E-state index in [4.69, 9.17) is 102 Å². The van der Waals surface area contributed by atoms with Crippen molar-refractivity contribution in [2.75, 3.05) is 66.6 Å². The van der Waals surface area contributed by atoms with Crippen molar-refractivity contribution in [3.05, 3.63) is 0 Å². The highest BCUT2D eigenvalue weighted by molar-refractivity contribution is 5.63. The molecule has 0 radical (unpaired) electrons. The predicted molar refractivity (Wildman–Crippen MR) is 188 cm³/mol. The molecule has 0 fully saturated rings. The minimum atomic E-state index is -1.55. The van der Waals surface area contributed by atoms with Gasteiger partial charge in [-0.1, -0.05) is 0 Å². The molecule has 25 heteroatoms. The van der Waals surface area contributed by atoms with Gasteiger partial charge in [-0.3, -0.25) is 24.0 Å². The zero-order valence-corrected chi connectivity index (χ0v) is 31.2. The first-order valence-electron chi connectivity index (χ1n) is 15.2. The number of likely N-dealkylation sites (N-methyl/N-ethyl adjacent to an activating group) is 2. The molecule has 0 unspecified atom stereocenters. The number of carboxylic acids is 5. The van der Waals surface area contributed by atoms with E-state index < -0.39 is 91.9 Å². The SMILES string of the molecule is CC(=O)O.CC(=O)O.CC(=O)O.CC(=O)O.CC(=O)O.CNC[C@H](O)[C@@H](O)[C@H](O)[C@H](O)CO.CNC[C@H](O)[C@@H](O)[C@H](O)[C@H](O)CO.NCCNCCN. The van der Waals surface area contributed by atoms with Crippen molar-refractivity contribution in [1.29, 1.82) is 0 Å². The molecule has 22 N–H and O–H groups in total. The van der Waals surface area contributed by atoms with E-state index in [2.05, 4.69) is 16.0 Å². The van der Waals surface area contributed by atoms with Crippen LogP contribution in [0.4, 0.5) is 0 Å². The maximum absolute atomic E-state index is 9.21. The fraction of sp³-hybridized carbons (Fsp3) is 0.821. The Balaban J connectivity index is -0.0000000777. The largest absolute Gasteiger partial charge is 0.481 e. The van der Waals surface area contributed by atoms with Crippen LogP contribution in [0.1, 0.15) is 34.6 Å². The molecule has 0 aromatic carbocycles. The molecule has 0 rings (SSSR count). The third-order valence-corrected chi connectivity index (χ3v) is 4.12. The average molecular weight is 794 g/mol. The van der Waals surface area contributed by atoms with E-state index in [0.29, 0.717) is 13.1 Å². The van der Waals surface area contributed by atoms with Gasteiger partial charge in [0.05, 0.1) is 25.4 Å². The summed E-state index contributed by atoms with van der Waals surface area (Å²) in [5.41, 5.74) is 10.3. The van der Waals surface area contributed by atoms with Crippen molar-refractivity contribution < 1.29 is 101 Å². The third-order valence-electron chi connectivity index (χ3n) is 4.12. The molecule has 0 aliphatic carbocycles. The first kappa shape index (κ1) is 67.8. The second kappa shape index (κ2) is 50.9. The standard InChI is InChI=1S/2C7H17NO5.C4H13N3.5C2H4O2/c2*1-8-2-4(10)6(12)7(13)5(11)3-9;5-1-3-7-4-2-6;5*1-2(3)4/h2*4-13H,2-3H2,1H3;7H,1-6H2;5*1H3,(H,3,4)/t2*4-,5+,6+,7+;;;;;;/m00....../s1. The number of aliphatic hydroxyl groups excluding tert-OH is 10. The smallest absolute Gasteiger partial charge is 0.300 e. The van der Waals surface area contributed by atoms with Crippen molar-refractivity contribution in [1.82, 2.24) is 16.0 Å². The van der Waals surface area contributed by atoms with Crippen molar-refractivity contribution in [2.45, 2.75) is 83.5 Å². The molecule has 0 spiro atoms. The fourth-order valence-corrected chi connectivity index (χ4v) is 2.12. The highest BCUT2D eigenvalue weighted by Gasteiger charge is 2.30. The molecule has 0 aliphatic rings. The zero-order chi connectivity index (χ0) is 44.3. The average Bonchev–Trinajstić information content (AvgIpc) is 3.02. The molecule has 0 saturated heterocycles. The van der Waals surface area contributed by atoms with Gasteiger partial charge in [0.1, 0.15) is 36.6 Å². The molecular weight excluding hydrogens is 726 g/mol. The van der Waals surface area contributed by atoms with Crippen LogP contribution in [0.2, 0.25) is 0 Å². The minimum absolute atomic E-state index is 0.0936. The number of aliphatic hydroxyl groups is 10. The Morgan fingerprint density at radius 3 is 0.755 bits per heavy atom. The number of nitrogens with two attached hydrogens (primary N) is 2. The van der Waals surface area contributed by atoms with Crippen LogP contribution in [0.3, 0.4) is 0 Å². The van der Waals surface area contributed by atoms with Gasteiger partial charge < -0.3 is 104 Å². The lowest BCUT2D eigenvalue weighted by atomic mass is 10.0. The van der Waals surface area contributed by atoms with E-state index in [9.17, 15) is 10.2 Å². The van der Waals surface area contributed by atoms with Crippen LogP contribution in [-0.2, 0) is 24.0 Å². The van der Waals surface area contributed by atoms with Gasteiger partial charge in [-0.25, -0.2) is 0 Å². The van der Waals surface area contributed by atoms with Crippen LogP contribution in [0.15, 0.2) is 0 Å². The third kappa shape index (κ3) is 88.2. The number of carbonyl (C=O) groups is 5. The predicted octanol–water partition coefficient (Wildman–Crippen LogP) is -7.77. The second-order valence-corrected chi connectivity index (χ2v) is 9.63. The quantitative estimate of drug-likeness (QED) is 0.0645. The zero-order valence-electron chi connectivity index (χ0n) is 31.2. The van der Waals surface area contributed by atoms with E-state index in [-0.39, 0.29) is 13.1 Å². The van der Waals surface area contributed by atoms with Gasteiger partial charge >= 0.3 is 0 Å². The summed E-state index contributed by atoms with van der Waals surface area (Å²) < 4.78 is 0. The molecule has 0 aromatic heterocycles. The number of carboxylic acid groups (broad SMARTS) is 5. The second-order valence-electron chi connectivity index (χ2n) is 9.63. The van der Waals surface area contributed by atoms with Gasteiger partial charge in [-0.05, 0) is 14.1 Å². The van der Waals surface area contributed by atoms with Crippen LogP contribution in [0.5, 0.6) is 0 Å². The maximum atomic E-state index is 9.21. The highest BCUT2D eigenvalue weighted by atomic mass is 16.4. The minimum Gasteiger partial charge on any atom is -0.481 e. The summed E-state index contributed by atoms with van der Waals surface area (Å²) >= 11 is 0. The van der Waals surface area contributed by atoms with Crippen molar-refractivity contribution in [3.8, 4) is 0 Å². The molecule has 0 aliphatic heterocycles. The summed E-state index contributed by atoms with van der Waals surface area (Å²) in [5, 5.41) is 135. The summed E-state index contributed by atoms with van der Waals surface area (Å²) in [6, 6.07) is 0. The van der Waals surface area contributed by atoms with Gasteiger partial charge in [0.25, 0.3) is 29.8 Å². The number of hydrogen-bond donors (Lipinski definition) is 20. The Kier molecular flexibility index (Phi) is 65.1. The topological polar surface area (TPSA) is 477 Å². The van der Waals surface area contributed by atoms with Gasteiger partial charge in [0.15, 0.2) is 0 Å². The van der Waals surface area contributed by atoms with E-state index in [1.54, 1.807) is 14.1 Å². The number of hydrogen-bond acceptors (Lipinski definition) is 20. The highest BCUT2D eigenvalue weighted by Crippen LogP contribution is 2.05. The molecule has 53 heavy (non-hydrogen) atoms. The van der Waals surface area contributed by atoms with Gasteiger partial charge in [-0.15, -0.1) is 0 Å². The number of aliphatic carboxylic acids is 5. The maximum Gasteiger partial charge on any atom is 0.300 e. The summed E-state index contributed by atoms with van der Waals surface area (Å²) in [4.78, 5) is 45.0. The van der Waals surface area contributed by atoms with Crippen molar-refractivity contribution >= 4 is 29.8 Å². The van der Waals surface area contributed by atoms with E-state index in [0.717, 1.165) is 47.7 Å². The molecule has 0 aromatic rings. The molecule has 0 heterocycles. The lowest BCUT2D eigenvalue weighted by Gasteiger charge is -2.25. The van der Waals surface area contributed by atoms with Gasteiger partial charge in [-0.2, -0.15) is 0 Å². The number of nitrogens with one attached hydrogen (secondary N) is 3. The molecule has 0 saturated carbocycles. The fourth-order valence-electron chi connectivity index (χ4n) is 2.12. The molecule has 324 valence electrons. The van der Waals surface area contributed by atoms with Crippen LogP contribution in [0, 0.1) is 0 Å². The Bertz CT molecular complexity index is 710. The molecule has 0 amide bonds. The van der Waals surface area contributed by atoms with Crippen LogP contribution >= 0.6 is 0 Å². The Labute approximate surface area is 308 Å². The van der Waals surface area contributed by atoms with E-state index >= 15 is 0 Å². The molecule has 25 nitrogen and oxygen atoms in total. The summed E-state index contributed by atoms with van der Waals surface area (Å²) in [6.07, 6.45) is -11.3. The lowest BCUT2D eigenvalue weighted by molar-refractivity contribution is -0.135. The Morgan fingerprint density at radius 1 is 0.453 bits per heavy atom. The summed E-state index contributed by atoms with van der Waals surface area (Å²) in [5.74, 6) is -4.17. The van der Waals surface area contributed by atoms with Crippen LogP contribution in [0.25, 0.3) is 0 Å². The molecular formula is C28H67N5O20. The lowest BCUT2D eigenvalue weighted by Crippen LogP contribution is -2.48.